The maximum absolute atomic E-state index is 13.1. The Kier molecular flexibility index (Phi) is 39.2. The first-order chi connectivity index (χ1) is 25.5. The molecule has 0 saturated carbocycles. The first-order valence-corrected chi connectivity index (χ1v) is 22.6. The van der Waals surface area contributed by atoms with E-state index >= 15 is 0 Å². The number of rotatable bonds is 40. The SMILES string of the molecule is CCC/C=C\CCCCCC(CC(=O)NC(CO)C(O)CCCCCCCCCCCC)OC(=O)CCCCCCCCC/C=C\CCCCCC. The zero-order valence-electron chi connectivity index (χ0n) is 34.7. The van der Waals surface area contributed by atoms with Gasteiger partial charge in [-0.1, -0.05) is 173 Å². The lowest BCUT2D eigenvalue weighted by Crippen LogP contribution is -2.46. The van der Waals surface area contributed by atoms with E-state index in [1.54, 1.807) is 0 Å². The number of unbranched alkanes of at least 4 members (excludes halogenated alkanes) is 24. The first kappa shape index (κ1) is 50.3. The third-order valence-corrected chi connectivity index (χ3v) is 10.2. The maximum atomic E-state index is 13.1. The number of hydrogen-bond acceptors (Lipinski definition) is 5. The minimum Gasteiger partial charge on any atom is -0.462 e. The van der Waals surface area contributed by atoms with E-state index in [1.165, 1.54) is 109 Å². The Bertz CT molecular complexity index is 828. The lowest BCUT2D eigenvalue weighted by Gasteiger charge is -2.24. The standard InChI is InChI=1S/C46H87NO5/c1-4-7-10-13-16-19-21-22-23-24-25-27-30-33-36-39-46(51)52-42(37-34-31-28-18-15-12-9-6-3)40-45(50)47-43(41-48)44(49)38-35-32-29-26-20-17-14-11-8-5-2/h12,15,19,21,42-44,48-49H,4-11,13-14,16-18,20,22-41H2,1-3H3,(H,47,50)/b15-12-,21-19-. The van der Waals surface area contributed by atoms with Crippen molar-refractivity contribution in [2.45, 2.75) is 251 Å². The second-order valence-electron chi connectivity index (χ2n) is 15.4. The summed E-state index contributed by atoms with van der Waals surface area (Å²) in [4.78, 5) is 25.9. The van der Waals surface area contributed by atoms with Crippen LogP contribution >= 0.6 is 0 Å². The summed E-state index contributed by atoms with van der Waals surface area (Å²) in [7, 11) is 0. The number of esters is 1. The molecule has 0 aliphatic rings. The number of hydrogen-bond donors (Lipinski definition) is 3. The molecule has 0 aliphatic carbocycles. The van der Waals surface area contributed by atoms with Crippen LogP contribution in [0, 0.1) is 0 Å². The average Bonchev–Trinajstić information content (AvgIpc) is 3.13. The fourth-order valence-corrected chi connectivity index (χ4v) is 6.78. The van der Waals surface area contributed by atoms with Crippen molar-refractivity contribution in [2.75, 3.05) is 6.61 Å². The van der Waals surface area contributed by atoms with Gasteiger partial charge in [0.1, 0.15) is 6.10 Å². The number of aliphatic hydroxyl groups excluding tert-OH is 2. The summed E-state index contributed by atoms with van der Waals surface area (Å²) in [6.07, 6.45) is 43.9. The molecule has 306 valence electrons. The second kappa shape index (κ2) is 40.5. The van der Waals surface area contributed by atoms with Crippen LogP contribution in [0.15, 0.2) is 24.3 Å². The molecule has 0 aliphatic heterocycles. The molecule has 0 saturated heterocycles. The van der Waals surface area contributed by atoms with Gasteiger partial charge in [0.25, 0.3) is 0 Å². The summed E-state index contributed by atoms with van der Waals surface area (Å²) in [5.41, 5.74) is 0. The summed E-state index contributed by atoms with van der Waals surface area (Å²) < 4.78 is 5.87. The largest absolute Gasteiger partial charge is 0.462 e. The summed E-state index contributed by atoms with van der Waals surface area (Å²) in [5, 5.41) is 23.5. The van der Waals surface area contributed by atoms with Crippen LogP contribution in [0.1, 0.15) is 233 Å². The van der Waals surface area contributed by atoms with Gasteiger partial charge in [-0.15, -0.1) is 0 Å². The third-order valence-electron chi connectivity index (χ3n) is 10.2. The molecule has 0 fully saturated rings. The van der Waals surface area contributed by atoms with Crippen molar-refractivity contribution < 1.29 is 24.5 Å². The van der Waals surface area contributed by atoms with Crippen molar-refractivity contribution in [1.82, 2.24) is 5.32 Å². The molecule has 0 aromatic rings. The Balaban J connectivity index is 4.48. The summed E-state index contributed by atoms with van der Waals surface area (Å²) in [6, 6.07) is -0.700. The highest BCUT2D eigenvalue weighted by Crippen LogP contribution is 2.17. The highest BCUT2D eigenvalue weighted by Gasteiger charge is 2.24. The smallest absolute Gasteiger partial charge is 0.306 e. The molecule has 3 N–H and O–H groups in total. The number of carbonyl (C=O) groups is 2. The first-order valence-electron chi connectivity index (χ1n) is 22.6. The van der Waals surface area contributed by atoms with Crippen molar-refractivity contribution in [2.24, 2.45) is 0 Å². The number of ether oxygens (including phenoxy) is 1. The van der Waals surface area contributed by atoms with Gasteiger partial charge in [-0.3, -0.25) is 9.59 Å². The lowest BCUT2D eigenvalue weighted by atomic mass is 10.0. The van der Waals surface area contributed by atoms with Gasteiger partial charge in [0, 0.05) is 6.42 Å². The average molecular weight is 734 g/mol. The van der Waals surface area contributed by atoms with E-state index in [9.17, 15) is 19.8 Å². The predicted molar refractivity (Wildman–Crippen MR) is 223 cm³/mol. The van der Waals surface area contributed by atoms with Crippen molar-refractivity contribution in [3.05, 3.63) is 24.3 Å². The number of aliphatic hydroxyl groups is 2. The Labute approximate surface area is 322 Å². The number of carbonyl (C=O) groups excluding carboxylic acids is 2. The van der Waals surface area contributed by atoms with Crippen molar-refractivity contribution in [3.63, 3.8) is 0 Å². The van der Waals surface area contributed by atoms with Crippen molar-refractivity contribution in [1.29, 1.82) is 0 Å². The Morgan fingerprint density at radius 1 is 0.538 bits per heavy atom. The quantitative estimate of drug-likeness (QED) is 0.0331. The fraction of sp³-hybridized carbons (Fsp3) is 0.870. The summed E-state index contributed by atoms with van der Waals surface area (Å²) in [5.74, 6) is -0.495. The van der Waals surface area contributed by atoms with E-state index in [1.807, 2.05) is 0 Å². The van der Waals surface area contributed by atoms with E-state index < -0.39 is 18.2 Å². The van der Waals surface area contributed by atoms with E-state index in [2.05, 4.69) is 50.4 Å². The molecule has 3 unspecified atom stereocenters. The molecular weight excluding hydrogens is 647 g/mol. The zero-order valence-corrected chi connectivity index (χ0v) is 34.7. The van der Waals surface area contributed by atoms with E-state index in [0.29, 0.717) is 19.3 Å². The Morgan fingerprint density at radius 2 is 0.962 bits per heavy atom. The van der Waals surface area contributed by atoms with Gasteiger partial charge in [-0.2, -0.15) is 0 Å². The van der Waals surface area contributed by atoms with Crippen LogP contribution < -0.4 is 5.32 Å². The van der Waals surface area contributed by atoms with E-state index in [4.69, 9.17) is 4.74 Å². The second-order valence-corrected chi connectivity index (χ2v) is 15.4. The molecule has 6 nitrogen and oxygen atoms in total. The number of allylic oxidation sites excluding steroid dienone is 4. The van der Waals surface area contributed by atoms with E-state index in [0.717, 1.165) is 77.0 Å². The molecule has 0 spiro atoms. The molecule has 0 heterocycles. The fourth-order valence-electron chi connectivity index (χ4n) is 6.78. The molecule has 0 aromatic carbocycles. The minimum absolute atomic E-state index is 0.0671. The Morgan fingerprint density at radius 3 is 1.48 bits per heavy atom. The van der Waals surface area contributed by atoms with Gasteiger partial charge in [0.05, 0.1) is 25.2 Å². The molecule has 0 radical (unpaired) electrons. The molecule has 0 aromatic heterocycles. The van der Waals surface area contributed by atoms with Gasteiger partial charge in [-0.05, 0) is 70.6 Å². The van der Waals surface area contributed by atoms with Crippen molar-refractivity contribution >= 4 is 11.9 Å². The third kappa shape index (κ3) is 35.4. The van der Waals surface area contributed by atoms with Gasteiger partial charge < -0.3 is 20.3 Å². The normalized spacial score (nSPS) is 13.6. The van der Waals surface area contributed by atoms with Crippen LogP contribution in [0.5, 0.6) is 0 Å². The number of nitrogens with one attached hydrogen (secondary N) is 1. The molecule has 6 heteroatoms. The van der Waals surface area contributed by atoms with Crippen LogP contribution in [0.4, 0.5) is 0 Å². The molecule has 3 atom stereocenters. The molecule has 0 bridgehead atoms. The summed E-state index contributed by atoms with van der Waals surface area (Å²) >= 11 is 0. The van der Waals surface area contributed by atoms with Crippen LogP contribution in [-0.4, -0.2) is 46.9 Å². The molecule has 52 heavy (non-hydrogen) atoms. The summed E-state index contributed by atoms with van der Waals surface area (Å²) in [6.45, 7) is 6.37. The minimum atomic E-state index is -0.785. The van der Waals surface area contributed by atoms with Gasteiger partial charge in [-0.25, -0.2) is 0 Å². The Hall–Kier alpha value is -1.66. The highest BCUT2D eigenvalue weighted by molar-refractivity contribution is 5.77. The van der Waals surface area contributed by atoms with Crippen LogP contribution in [0.3, 0.4) is 0 Å². The molecular formula is C46H87NO5. The van der Waals surface area contributed by atoms with Crippen LogP contribution in [-0.2, 0) is 14.3 Å². The lowest BCUT2D eigenvalue weighted by molar-refractivity contribution is -0.151. The van der Waals surface area contributed by atoms with Gasteiger partial charge >= 0.3 is 5.97 Å². The highest BCUT2D eigenvalue weighted by atomic mass is 16.5. The molecule has 0 rings (SSSR count). The zero-order chi connectivity index (χ0) is 38.2. The number of amides is 1. The van der Waals surface area contributed by atoms with Gasteiger partial charge in [0.15, 0.2) is 0 Å². The van der Waals surface area contributed by atoms with Crippen LogP contribution in [0.2, 0.25) is 0 Å². The van der Waals surface area contributed by atoms with Crippen LogP contribution in [0.25, 0.3) is 0 Å². The molecule has 1 amide bonds. The van der Waals surface area contributed by atoms with Crippen molar-refractivity contribution in [3.8, 4) is 0 Å². The van der Waals surface area contributed by atoms with E-state index in [-0.39, 0.29) is 24.9 Å². The predicted octanol–water partition coefficient (Wildman–Crippen LogP) is 12.8. The van der Waals surface area contributed by atoms with Gasteiger partial charge in [0.2, 0.25) is 5.91 Å². The maximum Gasteiger partial charge on any atom is 0.306 e. The topological polar surface area (TPSA) is 95.9 Å². The monoisotopic (exact) mass is 734 g/mol.